The van der Waals surface area contributed by atoms with Crippen LogP contribution in [0.15, 0.2) is 22.8 Å². The molecule has 3 heteroatoms. The average Bonchev–Trinajstić information content (AvgIpc) is 2.92. The van der Waals surface area contributed by atoms with Crippen LogP contribution in [0.5, 0.6) is 0 Å². The van der Waals surface area contributed by atoms with E-state index in [0.717, 1.165) is 31.5 Å². The fourth-order valence-electron chi connectivity index (χ4n) is 1.64. The molecule has 0 spiro atoms. The van der Waals surface area contributed by atoms with E-state index in [-0.39, 0.29) is 0 Å². The molecule has 1 aliphatic carbocycles. The number of nitrogens with zero attached hydrogens (tertiary/aromatic N) is 1. The average molecular weight is 195 g/mol. The van der Waals surface area contributed by atoms with Crippen LogP contribution in [0.25, 0.3) is 0 Å². The Hall–Kier alpha value is -0.800. The first-order valence-electron chi connectivity index (χ1n) is 5.15. The molecule has 1 fully saturated rings. The minimum absolute atomic E-state index is 0.759. The van der Waals surface area contributed by atoms with Crippen molar-refractivity contribution < 1.29 is 9.15 Å². The van der Waals surface area contributed by atoms with E-state index >= 15 is 0 Å². The molecule has 0 atom stereocenters. The van der Waals surface area contributed by atoms with Crippen LogP contribution in [0.1, 0.15) is 18.6 Å². The van der Waals surface area contributed by atoms with Gasteiger partial charge in [0.15, 0.2) is 0 Å². The van der Waals surface area contributed by atoms with Gasteiger partial charge in [-0.1, -0.05) is 0 Å². The van der Waals surface area contributed by atoms with Crippen molar-refractivity contribution in [1.29, 1.82) is 0 Å². The van der Waals surface area contributed by atoms with E-state index in [1.165, 1.54) is 12.8 Å². The molecule has 0 unspecified atom stereocenters. The molecular weight excluding hydrogens is 178 g/mol. The van der Waals surface area contributed by atoms with Crippen LogP contribution < -0.4 is 0 Å². The second kappa shape index (κ2) is 4.62. The summed E-state index contributed by atoms with van der Waals surface area (Å²) in [5.74, 6) is 1.05. The summed E-state index contributed by atoms with van der Waals surface area (Å²) in [6, 6.07) is 4.73. The van der Waals surface area contributed by atoms with Gasteiger partial charge in [0, 0.05) is 19.7 Å². The monoisotopic (exact) mass is 195 g/mol. The molecule has 0 amide bonds. The minimum Gasteiger partial charge on any atom is -0.468 e. The molecule has 78 valence electrons. The first-order valence-corrected chi connectivity index (χ1v) is 5.15. The molecule has 1 aromatic heterocycles. The Bertz CT molecular complexity index is 254. The van der Waals surface area contributed by atoms with Gasteiger partial charge in [-0.25, -0.2) is 0 Å². The highest BCUT2D eigenvalue weighted by atomic mass is 16.5. The number of hydrogen-bond donors (Lipinski definition) is 0. The van der Waals surface area contributed by atoms with Gasteiger partial charge in [-0.2, -0.15) is 0 Å². The van der Waals surface area contributed by atoms with E-state index in [0.29, 0.717) is 0 Å². The van der Waals surface area contributed by atoms with Crippen LogP contribution >= 0.6 is 0 Å². The highest BCUT2D eigenvalue weighted by Crippen LogP contribution is 2.27. The molecule has 0 N–H and O–H groups in total. The van der Waals surface area contributed by atoms with Gasteiger partial charge in [0.05, 0.1) is 19.4 Å². The predicted molar refractivity (Wildman–Crippen MR) is 54.0 cm³/mol. The fraction of sp³-hybridized carbons (Fsp3) is 0.636. The lowest BCUT2D eigenvalue weighted by atomic mass is 10.4. The topological polar surface area (TPSA) is 25.6 Å². The number of methoxy groups -OCH3 is 1. The van der Waals surface area contributed by atoms with Crippen LogP contribution in [-0.4, -0.2) is 31.2 Å². The van der Waals surface area contributed by atoms with Crippen LogP contribution in [0.2, 0.25) is 0 Å². The maximum atomic E-state index is 5.34. The number of rotatable bonds is 6. The molecule has 0 aromatic carbocycles. The van der Waals surface area contributed by atoms with Gasteiger partial charge in [-0.3, -0.25) is 4.90 Å². The third-order valence-corrected chi connectivity index (χ3v) is 2.58. The Morgan fingerprint density at radius 3 is 3.00 bits per heavy atom. The van der Waals surface area contributed by atoms with Crippen molar-refractivity contribution in [2.75, 3.05) is 20.3 Å². The van der Waals surface area contributed by atoms with Gasteiger partial charge in [0.2, 0.25) is 0 Å². The van der Waals surface area contributed by atoms with Crippen molar-refractivity contribution in [2.45, 2.75) is 25.4 Å². The van der Waals surface area contributed by atoms with Gasteiger partial charge in [0.1, 0.15) is 5.76 Å². The lowest BCUT2D eigenvalue weighted by molar-refractivity contribution is 0.134. The standard InChI is InChI=1S/C11H17NO2/c1-13-8-6-12(10-4-5-10)9-11-3-2-7-14-11/h2-3,7,10H,4-6,8-9H2,1H3. The number of furan rings is 1. The zero-order valence-corrected chi connectivity index (χ0v) is 8.61. The predicted octanol–water partition coefficient (Wildman–Crippen LogP) is 1.89. The fourth-order valence-corrected chi connectivity index (χ4v) is 1.64. The number of ether oxygens (including phenoxy) is 1. The molecule has 1 aliphatic rings. The maximum Gasteiger partial charge on any atom is 0.117 e. The summed E-state index contributed by atoms with van der Waals surface area (Å²) in [6.45, 7) is 2.72. The summed E-state index contributed by atoms with van der Waals surface area (Å²) in [5, 5.41) is 0. The molecular formula is C11H17NO2. The third-order valence-electron chi connectivity index (χ3n) is 2.58. The SMILES string of the molecule is COCCN(Cc1ccco1)C1CC1. The molecule has 2 rings (SSSR count). The lowest BCUT2D eigenvalue weighted by Crippen LogP contribution is -2.28. The molecule has 3 nitrogen and oxygen atoms in total. The van der Waals surface area contributed by atoms with Gasteiger partial charge < -0.3 is 9.15 Å². The Morgan fingerprint density at radius 1 is 1.57 bits per heavy atom. The molecule has 1 saturated carbocycles. The zero-order chi connectivity index (χ0) is 9.80. The van der Waals surface area contributed by atoms with E-state index in [1.807, 2.05) is 12.1 Å². The van der Waals surface area contributed by atoms with Crippen molar-refractivity contribution in [1.82, 2.24) is 4.90 Å². The summed E-state index contributed by atoms with van der Waals surface area (Å²) < 4.78 is 10.4. The van der Waals surface area contributed by atoms with E-state index in [9.17, 15) is 0 Å². The Labute approximate surface area is 84.6 Å². The Balaban J connectivity index is 1.84. The molecule has 1 aromatic rings. The van der Waals surface area contributed by atoms with Crippen molar-refractivity contribution in [3.63, 3.8) is 0 Å². The molecule has 0 bridgehead atoms. The molecule has 1 heterocycles. The van der Waals surface area contributed by atoms with E-state index in [2.05, 4.69) is 4.90 Å². The molecule has 0 saturated heterocycles. The quantitative estimate of drug-likeness (QED) is 0.693. The van der Waals surface area contributed by atoms with Crippen LogP contribution in [-0.2, 0) is 11.3 Å². The van der Waals surface area contributed by atoms with E-state index in [1.54, 1.807) is 13.4 Å². The van der Waals surface area contributed by atoms with Crippen molar-refractivity contribution in [3.05, 3.63) is 24.2 Å². The molecule has 0 radical (unpaired) electrons. The Kier molecular flexibility index (Phi) is 3.22. The highest BCUT2D eigenvalue weighted by molar-refractivity contribution is 4.99. The van der Waals surface area contributed by atoms with Crippen molar-refractivity contribution >= 4 is 0 Å². The van der Waals surface area contributed by atoms with Crippen LogP contribution in [0, 0.1) is 0 Å². The summed E-state index contributed by atoms with van der Waals surface area (Å²) in [4.78, 5) is 2.43. The third kappa shape index (κ3) is 2.59. The normalized spacial score (nSPS) is 16.4. The smallest absolute Gasteiger partial charge is 0.117 e. The largest absolute Gasteiger partial charge is 0.468 e. The summed E-state index contributed by atoms with van der Waals surface area (Å²) in [6.07, 6.45) is 4.38. The van der Waals surface area contributed by atoms with E-state index in [4.69, 9.17) is 9.15 Å². The van der Waals surface area contributed by atoms with Gasteiger partial charge >= 0.3 is 0 Å². The number of hydrogen-bond acceptors (Lipinski definition) is 3. The van der Waals surface area contributed by atoms with Crippen molar-refractivity contribution in [3.8, 4) is 0 Å². The highest BCUT2D eigenvalue weighted by Gasteiger charge is 2.28. The molecule has 14 heavy (non-hydrogen) atoms. The Morgan fingerprint density at radius 2 is 2.43 bits per heavy atom. The van der Waals surface area contributed by atoms with Crippen LogP contribution in [0.3, 0.4) is 0 Å². The zero-order valence-electron chi connectivity index (χ0n) is 8.61. The maximum absolute atomic E-state index is 5.34. The lowest BCUT2D eigenvalue weighted by Gasteiger charge is -2.19. The van der Waals surface area contributed by atoms with E-state index < -0.39 is 0 Å². The van der Waals surface area contributed by atoms with Gasteiger partial charge in [-0.15, -0.1) is 0 Å². The summed E-state index contributed by atoms with van der Waals surface area (Å²) >= 11 is 0. The second-order valence-electron chi connectivity index (χ2n) is 3.77. The first kappa shape index (κ1) is 9.74. The van der Waals surface area contributed by atoms with Gasteiger partial charge in [0.25, 0.3) is 0 Å². The van der Waals surface area contributed by atoms with Crippen molar-refractivity contribution in [2.24, 2.45) is 0 Å². The molecule has 0 aliphatic heterocycles. The minimum atomic E-state index is 0.759. The van der Waals surface area contributed by atoms with Gasteiger partial charge in [-0.05, 0) is 25.0 Å². The summed E-state index contributed by atoms with van der Waals surface area (Å²) in [5.41, 5.74) is 0. The first-order chi connectivity index (χ1) is 6.90. The summed E-state index contributed by atoms with van der Waals surface area (Å²) in [7, 11) is 1.75. The second-order valence-corrected chi connectivity index (χ2v) is 3.77. The van der Waals surface area contributed by atoms with Crippen LogP contribution in [0.4, 0.5) is 0 Å².